The van der Waals surface area contributed by atoms with Crippen LogP contribution in [0.5, 0.6) is 0 Å². The highest BCUT2D eigenvalue weighted by atomic mass is 16.6. The molecule has 0 spiro atoms. The minimum atomic E-state index is -0.275. The lowest BCUT2D eigenvalue weighted by Crippen LogP contribution is -2.37. The van der Waals surface area contributed by atoms with E-state index in [-0.39, 0.29) is 17.5 Å². The molecule has 0 N–H and O–H groups in total. The number of hydrogen-bond acceptors (Lipinski definition) is 2. The second-order valence-electron chi connectivity index (χ2n) is 4.12. The van der Waals surface area contributed by atoms with Crippen molar-refractivity contribution in [2.45, 2.75) is 39.2 Å². The minimum Gasteiger partial charge on any atom is -0.459 e. The Morgan fingerprint density at radius 3 is 2.67 bits per heavy atom. The molecule has 0 aromatic heterocycles. The molecular weight excluding hydrogens is 152 g/mol. The number of esters is 1. The molecule has 0 aliphatic carbocycles. The van der Waals surface area contributed by atoms with Gasteiger partial charge in [-0.15, -0.1) is 0 Å². The van der Waals surface area contributed by atoms with E-state index in [2.05, 4.69) is 6.58 Å². The summed E-state index contributed by atoms with van der Waals surface area (Å²) in [5, 5.41) is 0. The molecule has 68 valence electrons. The van der Waals surface area contributed by atoms with Crippen molar-refractivity contribution in [2.75, 3.05) is 0 Å². The van der Waals surface area contributed by atoms with E-state index in [1.54, 1.807) is 0 Å². The van der Waals surface area contributed by atoms with Crippen LogP contribution >= 0.6 is 0 Å². The van der Waals surface area contributed by atoms with E-state index in [4.69, 9.17) is 4.74 Å². The van der Waals surface area contributed by atoms with Crippen molar-refractivity contribution >= 4 is 5.97 Å². The van der Waals surface area contributed by atoms with Gasteiger partial charge in [-0.3, -0.25) is 4.79 Å². The summed E-state index contributed by atoms with van der Waals surface area (Å²) < 4.78 is 5.25. The van der Waals surface area contributed by atoms with Crippen molar-refractivity contribution in [2.24, 2.45) is 5.92 Å². The molecule has 0 aromatic carbocycles. The highest BCUT2D eigenvalue weighted by Gasteiger charge is 2.34. The van der Waals surface area contributed by atoms with Crippen LogP contribution in [-0.4, -0.2) is 11.6 Å². The van der Waals surface area contributed by atoms with Crippen molar-refractivity contribution in [3.63, 3.8) is 0 Å². The second kappa shape index (κ2) is 2.92. The van der Waals surface area contributed by atoms with Gasteiger partial charge in [-0.05, 0) is 33.6 Å². The van der Waals surface area contributed by atoms with Gasteiger partial charge in [-0.25, -0.2) is 0 Å². The lowest BCUT2D eigenvalue weighted by atomic mass is 9.87. The Kier molecular flexibility index (Phi) is 2.27. The first-order valence-corrected chi connectivity index (χ1v) is 4.31. The van der Waals surface area contributed by atoms with Crippen LogP contribution in [0.4, 0.5) is 0 Å². The van der Waals surface area contributed by atoms with Crippen molar-refractivity contribution in [3.05, 3.63) is 12.2 Å². The zero-order valence-electron chi connectivity index (χ0n) is 8.02. The molecule has 1 heterocycles. The number of hydrogen-bond donors (Lipinski definition) is 0. The molecule has 1 unspecified atom stereocenters. The van der Waals surface area contributed by atoms with Crippen molar-refractivity contribution in [1.82, 2.24) is 0 Å². The summed E-state index contributed by atoms with van der Waals surface area (Å²) >= 11 is 0. The first-order valence-electron chi connectivity index (χ1n) is 4.31. The van der Waals surface area contributed by atoms with Crippen LogP contribution in [0.1, 0.15) is 33.6 Å². The van der Waals surface area contributed by atoms with Crippen molar-refractivity contribution in [3.8, 4) is 0 Å². The van der Waals surface area contributed by atoms with E-state index in [9.17, 15) is 4.79 Å². The summed E-state index contributed by atoms with van der Waals surface area (Å²) in [6, 6.07) is 0. The van der Waals surface area contributed by atoms with Gasteiger partial charge in [0.25, 0.3) is 0 Å². The third-order valence-electron chi connectivity index (χ3n) is 2.29. The Labute approximate surface area is 73.6 Å². The largest absolute Gasteiger partial charge is 0.459 e. The summed E-state index contributed by atoms with van der Waals surface area (Å²) in [5.74, 6) is -0.184. The monoisotopic (exact) mass is 168 g/mol. The van der Waals surface area contributed by atoms with E-state index in [0.717, 1.165) is 18.4 Å². The standard InChI is InChI=1S/C10H16O2/c1-7(2)8-5-6-10(3,4)12-9(8)11/h8H,1,5-6H2,2-4H3. The molecule has 1 rings (SSSR count). The lowest BCUT2D eigenvalue weighted by Gasteiger charge is -2.33. The summed E-state index contributed by atoms with van der Waals surface area (Å²) in [4.78, 5) is 11.4. The Bertz CT molecular complexity index is 216. The van der Waals surface area contributed by atoms with Crippen LogP contribution in [0.3, 0.4) is 0 Å². The normalized spacial score (nSPS) is 27.9. The third kappa shape index (κ3) is 1.87. The van der Waals surface area contributed by atoms with Crippen molar-refractivity contribution in [1.29, 1.82) is 0 Å². The fourth-order valence-corrected chi connectivity index (χ4v) is 1.45. The maximum absolute atomic E-state index is 11.4. The first-order chi connectivity index (χ1) is 5.42. The molecule has 1 aliphatic rings. The molecule has 1 fully saturated rings. The summed E-state index contributed by atoms with van der Waals surface area (Å²) in [6.45, 7) is 9.54. The quantitative estimate of drug-likeness (QED) is 0.443. The van der Waals surface area contributed by atoms with Crippen LogP contribution in [-0.2, 0) is 9.53 Å². The van der Waals surface area contributed by atoms with Gasteiger partial charge in [-0.2, -0.15) is 0 Å². The molecule has 1 saturated heterocycles. The Morgan fingerprint density at radius 2 is 2.25 bits per heavy atom. The predicted octanol–water partition coefficient (Wildman–Crippen LogP) is 2.29. The van der Waals surface area contributed by atoms with Gasteiger partial charge in [0, 0.05) is 0 Å². The fourth-order valence-electron chi connectivity index (χ4n) is 1.45. The average molecular weight is 168 g/mol. The SMILES string of the molecule is C=C(C)C1CCC(C)(C)OC1=O. The van der Waals surface area contributed by atoms with Crippen LogP contribution in [0.2, 0.25) is 0 Å². The van der Waals surface area contributed by atoms with E-state index in [1.807, 2.05) is 20.8 Å². The van der Waals surface area contributed by atoms with E-state index in [0.29, 0.717) is 0 Å². The first kappa shape index (κ1) is 9.30. The van der Waals surface area contributed by atoms with Crippen LogP contribution in [0.25, 0.3) is 0 Å². The molecule has 1 aliphatic heterocycles. The minimum absolute atomic E-state index is 0.0713. The highest BCUT2D eigenvalue weighted by Crippen LogP contribution is 2.31. The molecule has 2 nitrogen and oxygen atoms in total. The number of ether oxygens (including phenoxy) is 1. The van der Waals surface area contributed by atoms with Gasteiger partial charge >= 0.3 is 5.97 Å². The molecule has 0 aromatic rings. The van der Waals surface area contributed by atoms with Crippen LogP contribution < -0.4 is 0 Å². The highest BCUT2D eigenvalue weighted by molar-refractivity contribution is 5.76. The van der Waals surface area contributed by atoms with Gasteiger partial charge in [0.2, 0.25) is 0 Å². The number of rotatable bonds is 1. The fraction of sp³-hybridized carbons (Fsp3) is 0.700. The van der Waals surface area contributed by atoms with Gasteiger partial charge < -0.3 is 4.74 Å². The van der Waals surface area contributed by atoms with E-state index >= 15 is 0 Å². The van der Waals surface area contributed by atoms with E-state index < -0.39 is 0 Å². The Balaban J connectivity index is 2.66. The molecule has 0 saturated carbocycles. The number of carbonyl (C=O) groups is 1. The molecule has 0 amide bonds. The maximum Gasteiger partial charge on any atom is 0.313 e. The van der Waals surface area contributed by atoms with Crippen LogP contribution in [0.15, 0.2) is 12.2 Å². The van der Waals surface area contributed by atoms with Gasteiger partial charge in [0.1, 0.15) is 5.60 Å². The van der Waals surface area contributed by atoms with Gasteiger partial charge in [0.15, 0.2) is 0 Å². The number of cyclic esters (lactones) is 1. The third-order valence-corrected chi connectivity index (χ3v) is 2.29. The summed E-state index contributed by atoms with van der Waals surface area (Å²) in [7, 11) is 0. The summed E-state index contributed by atoms with van der Waals surface area (Å²) in [5.41, 5.74) is 0.638. The zero-order valence-corrected chi connectivity index (χ0v) is 8.02. The predicted molar refractivity (Wildman–Crippen MR) is 47.7 cm³/mol. The molecule has 1 atom stereocenters. The number of carbonyl (C=O) groups excluding carboxylic acids is 1. The van der Waals surface area contributed by atoms with Crippen LogP contribution in [0, 0.1) is 5.92 Å². The summed E-state index contributed by atoms with van der Waals surface area (Å²) in [6.07, 6.45) is 1.80. The Morgan fingerprint density at radius 1 is 1.67 bits per heavy atom. The van der Waals surface area contributed by atoms with Gasteiger partial charge in [-0.1, -0.05) is 12.2 Å². The second-order valence-corrected chi connectivity index (χ2v) is 4.12. The smallest absolute Gasteiger partial charge is 0.313 e. The molecule has 0 bridgehead atoms. The Hall–Kier alpha value is -0.790. The lowest BCUT2D eigenvalue weighted by molar-refractivity contribution is -0.167. The maximum atomic E-state index is 11.4. The molecule has 12 heavy (non-hydrogen) atoms. The molecule has 2 heteroatoms. The topological polar surface area (TPSA) is 26.3 Å². The van der Waals surface area contributed by atoms with E-state index in [1.165, 1.54) is 0 Å². The van der Waals surface area contributed by atoms with Crippen molar-refractivity contribution < 1.29 is 9.53 Å². The average Bonchev–Trinajstić information content (AvgIpc) is 1.83. The molecular formula is C10H16O2. The molecule has 0 radical (unpaired) electrons. The zero-order chi connectivity index (χ0) is 9.35. The van der Waals surface area contributed by atoms with Gasteiger partial charge in [0.05, 0.1) is 5.92 Å².